The van der Waals surface area contributed by atoms with E-state index in [1.807, 2.05) is 18.2 Å². The number of aromatic nitrogens is 2. The van der Waals surface area contributed by atoms with Gasteiger partial charge in [0.25, 0.3) is 0 Å². The molecule has 28 heavy (non-hydrogen) atoms. The number of nitrogens with one attached hydrogen (secondary N) is 1. The van der Waals surface area contributed by atoms with E-state index in [9.17, 15) is 14.0 Å². The Morgan fingerprint density at radius 3 is 2.54 bits per heavy atom. The number of rotatable bonds is 7. The van der Waals surface area contributed by atoms with E-state index < -0.39 is 30.2 Å². The van der Waals surface area contributed by atoms with Crippen LogP contribution in [0.25, 0.3) is 11.5 Å². The topological polar surface area (TPSA) is 94.3 Å². The Kier molecular flexibility index (Phi) is 6.11. The van der Waals surface area contributed by atoms with Crippen molar-refractivity contribution in [3.05, 3.63) is 71.9 Å². The second-order valence-corrected chi connectivity index (χ2v) is 5.82. The lowest BCUT2D eigenvalue weighted by Crippen LogP contribution is -2.32. The Morgan fingerprint density at radius 1 is 1.11 bits per heavy atom. The van der Waals surface area contributed by atoms with E-state index in [0.717, 1.165) is 0 Å². The minimum absolute atomic E-state index is 0.00108. The van der Waals surface area contributed by atoms with Crippen molar-refractivity contribution in [3.8, 4) is 11.5 Å². The summed E-state index contributed by atoms with van der Waals surface area (Å²) in [5.74, 6) is -1.64. The van der Waals surface area contributed by atoms with E-state index in [1.165, 1.54) is 18.2 Å². The molecule has 0 bridgehead atoms. The Morgan fingerprint density at radius 2 is 1.82 bits per heavy atom. The van der Waals surface area contributed by atoms with E-state index in [1.54, 1.807) is 25.1 Å². The molecular formula is C20H18FN3O4. The number of nitrogens with zero attached hydrogens (tertiary/aromatic N) is 2. The van der Waals surface area contributed by atoms with Crippen LogP contribution in [0.15, 0.2) is 59.0 Å². The van der Waals surface area contributed by atoms with Crippen LogP contribution in [0.1, 0.15) is 30.8 Å². The molecule has 8 heteroatoms. The summed E-state index contributed by atoms with van der Waals surface area (Å²) in [6, 6.07) is 13.9. The number of carbonyl (C=O) groups is 2. The maximum Gasteiger partial charge on any atom is 0.315 e. The molecule has 1 atom stereocenters. The first-order chi connectivity index (χ1) is 13.6. The molecule has 0 saturated heterocycles. The molecule has 0 radical (unpaired) electrons. The van der Waals surface area contributed by atoms with Crippen molar-refractivity contribution in [2.24, 2.45) is 0 Å². The standard InChI is InChI=1S/C20H18FN3O4/c1-2-27-17(26)12-16(25)22-18(14-10-6-7-11-15(14)21)20-24-23-19(28-20)13-8-4-3-5-9-13/h3-11,18H,2,12H2,1H3,(H,22,25). The van der Waals surface area contributed by atoms with Gasteiger partial charge < -0.3 is 14.5 Å². The zero-order valence-electron chi connectivity index (χ0n) is 15.1. The highest BCUT2D eigenvalue weighted by atomic mass is 19.1. The molecule has 144 valence electrons. The molecule has 3 rings (SSSR count). The summed E-state index contributed by atoms with van der Waals surface area (Å²) in [6.07, 6.45) is -0.502. The molecule has 1 heterocycles. The summed E-state index contributed by atoms with van der Waals surface area (Å²) in [7, 11) is 0. The zero-order chi connectivity index (χ0) is 19.9. The Bertz CT molecular complexity index is 959. The zero-order valence-corrected chi connectivity index (χ0v) is 15.1. The fourth-order valence-electron chi connectivity index (χ4n) is 2.59. The predicted octanol–water partition coefficient (Wildman–Crippen LogP) is 3.03. The fraction of sp³-hybridized carbons (Fsp3) is 0.200. The van der Waals surface area contributed by atoms with Gasteiger partial charge in [0.15, 0.2) is 0 Å². The number of halogens is 1. The van der Waals surface area contributed by atoms with Crippen molar-refractivity contribution >= 4 is 11.9 Å². The molecule has 1 unspecified atom stereocenters. The second kappa shape index (κ2) is 8.90. The van der Waals surface area contributed by atoms with Crippen molar-refractivity contribution in [2.45, 2.75) is 19.4 Å². The SMILES string of the molecule is CCOC(=O)CC(=O)NC(c1nnc(-c2ccccc2)o1)c1ccccc1F. The van der Waals surface area contributed by atoms with Gasteiger partial charge in [-0.05, 0) is 25.1 Å². The molecule has 3 aromatic rings. The normalized spacial score (nSPS) is 11.6. The molecule has 2 aromatic carbocycles. The van der Waals surface area contributed by atoms with Gasteiger partial charge in [-0.25, -0.2) is 4.39 Å². The maximum absolute atomic E-state index is 14.4. The largest absolute Gasteiger partial charge is 0.466 e. The van der Waals surface area contributed by atoms with Gasteiger partial charge in [-0.2, -0.15) is 0 Å². The third kappa shape index (κ3) is 4.59. The van der Waals surface area contributed by atoms with Crippen LogP contribution in [0.3, 0.4) is 0 Å². The summed E-state index contributed by atoms with van der Waals surface area (Å²) in [5, 5.41) is 10.5. The molecule has 0 saturated carbocycles. The molecule has 0 fully saturated rings. The number of hydrogen-bond acceptors (Lipinski definition) is 6. The van der Waals surface area contributed by atoms with Crippen molar-refractivity contribution in [2.75, 3.05) is 6.61 Å². The molecule has 0 aliphatic rings. The molecule has 0 spiro atoms. The predicted molar refractivity (Wildman–Crippen MR) is 97.4 cm³/mol. The number of carbonyl (C=O) groups excluding carboxylic acids is 2. The summed E-state index contributed by atoms with van der Waals surface area (Å²) < 4.78 is 24.8. The van der Waals surface area contributed by atoms with Crippen LogP contribution in [-0.4, -0.2) is 28.7 Å². The third-order valence-corrected chi connectivity index (χ3v) is 3.84. The van der Waals surface area contributed by atoms with Crippen LogP contribution >= 0.6 is 0 Å². The molecule has 1 amide bonds. The van der Waals surface area contributed by atoms with Crippen LogP contribution < -0.4 is 5.32 Å². The van der Waals surface area contributed by atoms with Gasteiger partial charge in [-0.1, -0.05) is 36.4 Å². The van der Waals surface area contributed by atoms with Crippen molar-refractivity contribution in [1.29, 1.82) is 0 Å². The number of amides is 1. The van der Waals surface area contributed by atoms with Crippen LogP contribution in [0.5, 0.6) is 0 Å². The van der Waals surface area contributed by atoms with Crippen molar-refractivity contribution in [1.82, 2.24) is 15.5 Å². The second-order valence-electron chi connectivity index (χ2n) is 5.82. The van der Waals surface area contributed by atoms with E-state index in [-0.39, 0.29) is 24.0 Å². The van der Waals surface area contributed by atoms with Crippen LogP contribution in [0.2, 0.25) is 0 Å². The Labute approximate surface area is 160 Å². The molecule has 0 aliphatic carbocycles. The Balaban J connectivity index is 1.89. The number of benzene rings is 2. The molecule has 1 N–H and O–H groups in total. The first kappa shape index (κ1) is 19.2. The van der Waals surface area contributed by atoms with Crippen molar-refractivity contribution in [3.63, 3.8) is 0 Å². The van der Waals surface area contributed by atoms with E-state index in [0.29, 0.717) is 5.56 Å². The van der Waals surface area contributed by atoms with E-state index >= 15 is 0 Å². The smallest absolute Gasteiger partial charge is 0.315 e. The highest BCUT2D eigenvalue weighted by molar-refractivity contribution is 5.94. The van der Waals surface area contributed by atoms with Crippen LogP contribution in [0.4, 0.5) is 4.39 Å². The lowest BCUT2D eigenvalue weighted by molar-refractivity contribution is -0.146. The first-order valence-corrected chi connectivity index (χ1v) is 8.66. The van der Waals surface area contributed by atoms with Crippen LogP contribution in [0, 0.1) is 5.82 Å². The number of esters is 1. The van der Waals surface area contributed by atoms with Gasteiger partial charge in [0.1, 0.15) is 18.3 Å². The minimum atomic E-state index is -1.05. The highest BCUT2D eigenvalue weighted by Gasteiger charge is 2.26. The summed E-state index contributed by atoms with van der Waals surface area (Å²) in [4.78, 5) is 23.8. The third-order valence-electron chi connectivity index (χ3n) is 3.84. The first-order valence-electron chi connectivity index (χ1n) is 8.66. The number of hydrogen-bond donors (Lipinski definition) is 1. The lowest BCUT2D eigenvalue weighted by atomic mass is 10.1. The molecule has 1 aromatic heterocycles. The highest BCUT2D eigenvalue weighted by Crippen LogP contribution is 2.26. The van der Waals surface area contributed by atoms with Gasteiger partial charge in [-0.3, -0.25) is 9.59 Å². The van der Waals surface area contributed by atoms with Crippen molar-refractivity contribution < 1.29 is 23.1 Å². The van der Waals surface area contributed by atoms with E-state index in [4.69, 9.17) is 9.15 Å². The summed E-state index contributed by atoms with van der Waals surface area (Å²) in [6.45, 7) is 1.80. The van der Waals surface area contributed by atoms with Gasteiger partial charge in [0.05, 0.1) is 6.61 Å². The Hall–Kier alpha value is -3.55. The molecule has 0 aliphatic heterocycles. The van der Waals surface area contributed by atoms with E-state index in [2.05, 4.69) is 15.5 Å². The average molecular weight is 383 g/mol. The minimum Gasteiger partial charge on any atom is -0.466 e. The lowest BCUT2D eigenvalue weighted by Gasteiger charge is -2.16. The van der Waals surface area contributed by atoms with Crippen LogP contribution in [-0.2, 0) is 14.3 Å². The number of ether oxygens (including phenoxy) is 1. The fourth-order valence-corrected chi connectivity index (χ4v) is 2.59. The summed E-state index contributed by atoms with van der Waals surface area (Å²) >= 11 is 0. The van der Waals surface area contributed by atoms with Gasteiger partial charge in [0, 0.05) is 11.1 Å². The maximum atomic E-state index is 14.4. The molecule has 7 nitrogen and oxygen atoms in total. The monoisotopic (exact) mass is 383 g/mol. The van der Waals surface area contributed by atoms with Gasteiger partial charge in [-0.15, -0.1) is 10.2 Å². The van der Waals surface area contributed by atoms with Gasteiger partial charge in [0.2, 0.25) is 17.7 Å². The average Bonchev–Trinajstić information content (AvgIpc) is 3.17. The quantitative estimate of drug-likeness (QED) is 0.498. The summed E-state index contributed by atoms with van der Waals surface area (Å²) in [5.41, 5.74) is 0.828. The molecular weight excluding hydrogens is 365 g/mol. The van der Waals surface area contributed by atoms with Gasteiger partial charge >= 0.3 is 5.97 Å².